The zero-order valence-corrected chi connectivity index (χ0v) is 13.2. The molecule has 0 aromatic heterocycles. The third-order valence-electron chi connectivity index (χ3n) is 3.20. The Morgan fingerprint density at radius 1 is 1.05 bits per heavy atom. The minimum absolute atomic E-state index is 0.244. The SMILES string of the molecule is CCCCCNC(=O)NCCNC(=O)c1ccc(C)c(F)c1. The predicted octanol–water partition coefficient (Wildman–Crippen LogP) is 2.35. The van der Waals surface area contributed by atoms with E-state index in [1.807, 2.05) is 0 Å². The molecule has 3 N–H and O–H groups in total. The molecular weight excluding hydrogens is 285 g/mol. The molecule has 0 spiro atoms. The summed E-state index contributed by atoms with van der Waals surface area (Å²) in [6, 6.07) is 4.10. The number of hydrogen-bond donors (Lipinski definition) is 3. The van der Waals surface area contributed by atoms with Crippen molar-refractivity contribution in [2.45, 2.75) is 33.1 Å². The molecule has 1 aromatic carbocycles. The lowest BCUT2D eigenvalue weighted by molar-refractivity contribution is 0.0953. The molecule has 0 saturated carbocycles. The van der Waals surface area contributed by atoms with Gasteiger partial charge >= 0.3 is 6.03 Å². The van der Waals surface area contributed by atoms with Crippen molar-refractivity contribution < 1.29 is 14.0 Å². The summed E-state index contributed by atoms with van der Waals surface area (Å²) < 4.78 is 13.4. The van der Waals surface area contributed by atoms with Gasteiger partial charge in [0.25, 0.3) is 5.91 Å². The number of halogens is 1. The number of unbranched alkanes of at least 4 members (excludes halogenated alkanes) is 2. The van der Waals surface area contributed by atoms with Gasteiger partial charge in [0.2, 0.25) is 0 Å². The summed E-state index contributed by atoms with van der Waals surface area (Å²) in [7, 11) is 0. The Balaban J connectivity index is 2.19. The van der Waals surface area contributed by atoms with Gasteiger partial charge in [0.15, 0.2) is 0 Å². The van der Waals surface area contributed by atoms with Gasteiger partial charge in [-0.1, -0.05) is 25.8 Å². The van der Waals surface area contributed by atoms with Crippen LogP contribution in [0.15, 0.2) is 18.2 Å². The van der Waals surface area contributed by atoms with Crippen LogP contribution in [0.2, 0.25) is 0 Å². The van der Waals surface area contributed by atoms with Crippen molar-refractivity contribution in [1.29, 1.82) is 0 Å². The highest BCUT2D eigenvalue weighted by Crippen LogP contribution is 2.08. The molecule has 0 fully saturated rings. The van der Waals surface area contributed by atoms with Crippen LogP contribution in [0, 0.1) is 12.7 Å². The largest absolute Gasteiger partial charge is 0.350 e. The predicted molar refractivity (Wildman–Crippen MR) is 84.4 cm³/mol. The van der Waals surface area contributed by atoms with Crippen LogP contribution in [0.4, 0.5) is 9.18 Å². The lowest BCUT2D eigenvalue weighted by Crippen LogP contribution is -2.40. The van der Waals surface area contributed by atoms with Crippen molar-refractivity contribution >= 4 is 11.9 Å². The summed E-state index contributed by atoms with van der Waals surface area (Å²) in [5.41, 5.74) is 0.769. The van der Waals surface area contributed by atoms with Crippen LogP contribution in [-0.2, 0) is 0 Å². The van der Waals surface area contributed by atoms with Crippen molar-refractivity contribution in [3.05, 3.63) is 35.1 Å². The summed E-state index contributed by atoms with van der Waals surface area (Å²) in [4.78, 5) is 23.2. The molecule has 0 bridgehead atoms. The smallest absolute Gasteiger partial charge is 0.314 e. The number of rotatable bonds is 8. The molecule has 3 amide bonds. The molecule has 22 heavy (non-hydrogen) atoms. The van der Waals surface area contributed by atoms with Gasteiger partial charge in [-0.2, -0.15) is 0 Å². The Labute approximate surface area is 130 Å². The molecule has 0 saturated heterocycles. The third kappa shape index (κ3) is 6.56. The van der Waals surface area contributed by atoms with E-state index in [1.54, 1.807) is 19.1 Å². The van der Waals surface area contributed by atoms with E-state index in [0.717, 1.165) is 19.3 Å². The van der Waals surface area contributed by atoms with Gasteiger partial charge in [-0.15, -0.1) is 0 Å². The number of nitrogens with one attached hydrogen (secondary N) is 3. The monoisotopic (exact) mass is 309 g/mol. The summed E-state index contributed by atoms with van der Waals surface area (Å²) in [6.07, 6.45) is 3.15. The molecule has 122 valence electrons. The summed E-state index contributed by atoms with van der Waals surface area (Å²) in [5.74, 6) is -0.763. The first-order chi connectivity index (χ1) is 10.5. The number of hydrogen-bond acceptors (Lipinski definition) is 2. The van der Waals surface area contributed by atoms with Gasteiger partial charge < -0.3 is 16.0 Å². The highest BCUT2D eigenvalue weighted by Gasteiger charge is 2.07. The van der Waals surface area contributed by atoms with Crippen molar-refractivity contribution in [2.75, 3.05) is 19.6 Å². The number of benzene rings is 1. The highest BCUT2D eigenvalue weighted by atomic mass is 19.1. The molecule has 1 aromatic rings. The van der Waals surface area contributed by atoms with Crippen LogP contribution >= 0.6 is 0 Å². The molecule has 0 atom stereocenters. The van der Waals surface area contributed by atoms with Crippen LogP contribution in [0.25, 0.3) is 0 Å². The van der Waals surface area contributed by atoms with E-state index in [0.29, 0.717) is 18.7 Å². The minimum Gasteiger partial charge on any atom is -0.350 e. The number of amides is 3. The van der Waals surface area contributed by atoms with Crippen LogP contribution in [0.1, 0.15) is 42.1 Å². The molecule has 6 heteroatoms. The molecule has 0 aliphatic rings. The zero-order chi connectivity index (χ0) is 16.4. The Bertz CT molecular complexity index is 506. The van der Waals surface area contributed by atoms with E-state index in [-0.39, 0.29) is 24.0 Å². The third-order valence-corrected chi connectivity index (χ3v) is 3.20. The van der Waals surface area contributed by atoms with E-state index >= 15 is 0 Å². The number of carbonyl (C=O) groups is 2. The second-order valence-electron chi connectivity index (χ2n) is 5.11. The first kappa shape index (κ1) is 17.9. The quantitative estimate of drug-likeness (QED) is 0.645. The molecule has 1 rings (SSSR count). The Morgan fingerprint density at radius 2 is 1.73 bits per heavy atom. The van der Waals surface area contributed by atoms with Crippen LogP contribution in [0.5, 0.6) is 0 Å². The first-order valence-corrected chi connectivity index (χ1v) is 7.60. The van der Waals surface area contributed by atoms with E-state index in [1.165, 1.54) is 6.07 Å². The molecule has 0 aliphatic carbocycles. The van der Waals surface area contributed by atoms with E-state index in [2.05, 4.69) is 22.9 Å². The van der Waals surface area contributed by atoms with Gasteiger partial charge in [0.1, 0.15) is 5.82 Å². The van der Waals surface area contributed by atoms with Crippen LogP contribution in [-0.4, -0.2) is 31.6 Å². The van der Waals surface area contributed by atoms with Gasteiger partial charge in [0.05, 0.1) is 0 Å². The summed E-state index contributed by atoms with van der Waals surface area (Å²) >= 11 is 0. The molecule has 0 heterocycles. The standard InChI is InChI=1S/C16H24FN3O2/c1-3-4-5-8-19-16(22)20-10-9-18-15(21)13-7-6-12(2)14(17)11-13/h6-7,11H,3-5,8-10H2,1-2H3,(H,18,21)(H2,19,20,22). The topological polar surface area (TPSA) is 70.2 Å². The van der Waals surface area contributed by atoms with E-state index in [4.69, 9.17) is 0 Å². The normalized spacial score (nSPS) is 10.1. The van der Waals surface area contributed by atoms with Crippen molar-refractivity contribution in [1.82, 2.24) is 16.0 Å². The van der Waals surface area contributed by atoms with Crippen molar-refractivity contribution in [2.24, 2.45) is 0 Å². The van der Waals surface area contributed by atoms with Gasteiger partial charge in [-0.25, -0.2) is 9.18 Å². The summed E-state index contributed by atoms with van der Waals surface area (Å²) in [6.45, 7) is 4.99. The fraction of sp³-hybridized carbons (Fsp3) is 0.500. The Morgan fingerprint density at radius 3 is 2.41 bits per heavy atom. The van der Waals surface area contributed by atoms with Gasteiger partial charge in [-0.3, -0.25) is 4.79 Å². The van der Waals surface area contributed by atoms with Crippen molar-refractivity contribution in [3.8, 4) is 0 Å². The number of aryl methyl sites for hydroxylation is 1. The van der Waals surface area contributed by atoms with Crippen LogP contribution in [0.3, 0.4) is 0 Å². The average molecular weight is 309 g/mol. The second kappa shape index (κ2) is 9.76. The highest BCUT2D eigenvalue weighted by molar-refractivity contribution is 5.94. The summed E-state index contributed by atoms with van der Waals surface area (Å²) in [5, 5.41) is 8.02. The maximum absolute atomic E-state index is 13.4. The molecule has 0 radical (unpaired) electrons. The molecule has 0 unspecified atom stereocenters. The Hall–Kier alpha value is -2.11. The number of carbonyl (C=O) groups excluding carboxylic acids is 2. The zero-order valence-electron chi connectivity index (χ0n) is 13.2. The fourth-order valence-electron chi connectivity index (χ4n) is 1.83. The van der Waals surface area contributed by atoms with Crippen LogP contribution < -0.4 is 16.0 Å². The fourth-order valence-corrected chi connectivity index (χ4v) is 1.83. The lowest BCUT2D eigenvalue weighted by atomic mass is 10.1. The molecule has 0 aliphatic heterocycles. The average Bonchev–Trinajstić information content (AvgIpc) is 2.50. The first-order valence-electron chi connectivity index (χ1n) is 7.60. The number of urea groups is 1. The van der Waals surface area contributed by atoms with Crippen molar-refractivity contribution in [3.63, 3.8) is 0 Å². The van der Waals surface area contributed by atoms with E-state index < -0.39 is 5.82 Å². The van der Waals surface area contributed by atoms with Gasteiger partial charge in [-0.05, 0) is 31.0 Å². The van der Waals surface area contributed by atoms with Gasteiger partial charge in [0, 0.05) is 25.2 Å². The minimum atomic E-state index is -0.405. The van der Waals surface area contributed by atoms with E-state index in [9.17, 15) is 14.0 Å². The lowest BCUT2D eigenvalue weighted by Gasteiger charge is -2.09. The second-order valence-corrected chi connectivity index (χ2v) is 5.11. The maximum Gasteiger partial charge on any atom is 0.314 e. The molecule has 5 nitrogen and oxygen atoms in total. The Kier molecular flexibility index (Phi) is 7.96. The molecular formula is C16H24FN3O2. The maximum atomic E-state index is 13.4.